The molecule has 0 bridgehead atoms. The predicted octanol–water partition coefficient (Wildman–Crippen LogP) is 4.70. The number of hydrogen-bond acceptors (Lipinski definition) is 4. The van der Waals surface area contributed by atoms with Crippen molar-refractivity contribution in [1.29, 1.82) is 0 Å². The molecule has 2 atom stereocenters. The van der Waals surface area contributed by atoms with Crippen molar-refractivity contribution in [3.63, 3.8) is 0 Å². The number of aliphatic hydroxyl groups is 1. The highest BCUT2D eigenvalue weighted by Gasteiger charge is 2.28. The predicted molar refractivity (Wildman–Crippen MR) is 132 cm³/mol. The van der Waals surface area contributed by atoms with Gasteiger partial charge in [0.1, 0.15) is 0 Å². The van der Waals surface area contributed by atoms with Gasteiger partial charge in [0.05, 0.1) is 18.8 Å². The van der Waals surface area contributed by atoms with Gasteiger partial charge in [0.2, 0.25) is 0 Å². The summed E-state index contributed by atoms with van der Waals surface area (Å²) in [4.78, 5) is 10.9. The van der Waals surface area contributed by atoms with E-state index in [1.165, 1.54) is 11.1 Å². The van der Waals surface area contributed by atoms with Gasteiger partial charge in [0.25, 0.3) is 0 Å². The monoisotopic (exact) mass is 451 g/mol. The topological polar surface area (TPSA) is 78.8 Å². The number of carboxylic acid groups (broad SMARTS) is 1. The molecule has 178 valence electrons. The van der Waals surface area contributed by atoms with Crippen LogP contribution < -0.4 is 5.32 Å². The van der Waals surface area contributed by atoms with Crippen LogP contribution >= 0.6 is 0 Å². The molecule has 1 aliphatic carbocycles. The van der Waals surface area contributed by atoms with Crippen molar-refractivity contribution < 1.29 is 19.7 Å². The van der Waals surface area contributed by atoms with Gasteiger partial charge in [-0.3, -0.25) is 0 Å². The van der Waals surface area contributed by atoms with Crippen LogP contribution in [0.2, 0.25) is 0 Å². The molecular weight excluding hydrogens is 414 g/mol. The van der Waals surface area contributed by atoms with E-state index in [0.29, 0.717) is 12.5 Å². The number of carbonyl (C=O) groups is 1. The second-order valence-corrected chi connectivity index (χ2v) is 9.95. The van der Waals surface area contributed by atoms with Crippen LogP contribution in [-0.2, 0) is 22.4 Å². The van der Waals surface area contributed by atoms with Gasteiger partial charge in [-0.25, -0.2) is 4.79 Å². The highest BCUT2D eigenvalue weighted by Crippen LogP contribution is 2.32. The molecule has 0 aliphatic heterocycles. The maximum absolute atomic E-state index is 10.9. The minimum absolute atomic E-state index is 0.0783. The second kappa shape index (κ2) is 11.1. The lowest BCUT2D eigenvalue weighted by Gasteiger charge is -2.31. The van der Waals surface area contributed by atoms with Crippen molar-refractivity contribution in [1.82, 2.24) is 5.32 Å². The standard InChI is InChI=1S/C28H37NO4/c1-19-9-11-26(24(13-19)10-12-27(31)32)20(2)33-18-25(30)17-29-28(3,4)16-21-14-22-7-5-6-8-23(22)15-21/h5-13,20-21,25,29-30H,14-18H2,1-4H3,(H,31,32)/b12-10+/t20-,25+/m1/s1. The van der Waals surface area contributed by atoms with Gasteiger partial charge >= 0.3 is 5.97 Å². The molecule has 0 radical (unpaired) electrons. The Labute approximate surface area is 197 Å². The number of aliphatic hydroxyl groups excluding tert-OH is 1. The molecule has 0 spiro atoms. The van der Waals surface area contributed by atoms with Crippen molar-refractivity contribution >= 4 is 12.0 Å². The van der Waals surface area contributed by atoms with E-state index in [4.69, 9.17) is 9.84 Å². The van der Waals surface area contributed by atoms with Crippen LogP contribution in [-0.4, -0.2) is 41.0 Å². The summed E-state index contributed by atoms with van der Waals surface area (Å²) in [5.41, 5.74) is 5.62. The summed E-state index contributed by atoms with van der Waals surface area (Å²) in [5, 5.41) is 23.0. The first-order valence-electron chi connectivity index (χ1n) is 11.8. The SMILES string of the molecule is Cc1ccc([C@@H](C)OC[C@@H](O)CNC(C)(C)CC2Cc3ccccc3C2)c(/C=C/C(=O)O)c1. The summed E-state index contributed by atoms with van der Waals surface area (Å²) >= 11 is 0. The number of aryl methyl sites for hydroxylation is 1. The summed E-state index contributed by atoms with van der Waals surface area (Å²) in [5.74, 6) is -0.362. The third kappa shape index (κ3) is 7.53. The quantitative estimate of drug-likeness (QED) is 0.432. The Kier molecular flexibility index (Phi) is 8.46. The number of β-amino-alcohol motifs (C(OH)–C–C–N with tert-alkyl or cyclic N) is 1. The smallest absolute Gasteiger partial charge is 0.328 e. The van der Waals surface area contributed by atoms with Crippen LogP contribution in [0.25, 0.3) is 6.08 Å². The number of fused-ring (bicyclic) bond motifs is 1. The Morgan fingerprint density at radius 3 is 2.52 bits per heavy atom. The molecule has 3 rings (SSSR count). The van der Waals surface area contributed by atoms with E-state index in [0.717, 1.165) is 42.0 Å². The number of nitrogens with one attached hydrogen (secondary N) is 1. The zero-order valence-electron chi connectivity index (χ0n) is 20.2. The number of hydrogen-bond donors (Lipinski definition) is 3. The van der Waals surface area contributed by atoms with Crippen molar-refractivity contribution in [2.45, 2.75) is 64.7 Å². The molecule has 2 aromatic carbocycles. The molecular formula is C28H37NO4. The van der Waals surface area contributed by atoms with Gasteiger partial charge in [-0.05, 0) is 81.2 Å². The molecule has 2 aromatic rings. The van der Waals surface area contributed by atoms with E-state index in [1.54, 1.807) is 6.08 Å². The van der Waals surface area contributed by atoms with Gasteiger partial charge in [0.15, 0.2) is 0 Å². The summed E-state index contributed by atoms with van der Waals surface area (Å²) in [7, 11) is 0. The first-order valence-corrected chi connectivity index (χ1v) is 11.8. The van der Waals surface area contributed by atoms with Gasteiger partial charge in [-0.1, -0.05) is 48.0 Å². The highest BCUT2D eigenvalue weighted by molar-refractivity contribution is 5.85. The maximum Gasteiger partial charge on any atom is 0.328 e. The van der Waals surface area contributed by atoms with Crippen LogP contribution in [0.15, 0.2) is 48.5 Å². The Bertz CT molecular complexity index is 957. The highest BCUT2D eigenvalue weighted by atomic mass is 16.5. The van der Waals surface area contributed by atoms with Crippen molar-refractivity contribution in [3.05, 3.63) is 76.4 Å². The lowest BCUT2D eigenvalue weighted by atomic mass is 9.88. The van der Waals surface area contributed by atoms with Gasteiger partial charge < -0.3 is 20.3 Å². The minimum atomic E-state index is -0.985. The van der Waals surface area contributed by atoms with Gasteiger partial charge in [-0.2, -0.15) is 0 Å². The number of ether oxygens (including phenoxy) is 1. The van der Waals surface area contributed by atoms with Crippen LogP contribution in [0.1, 0.15) is 61.1 Å². The molecule has 33 heavy (non-hydrogen) atoms. The Morgan fingerprint density at radius 2 is 1.88 bits per heavy atom. The normalized spacial score (nSPS) is 16.2. The molecule has 5 heteroatoms. The Balaban J connectivity index is 1.47. The fourth-order valence-corrected chi connectivity index (χ4v) is 4.76. The van der Waals surface area contributed by atoms with Crippen molar-refractivity contribution in [2.75, 3.05) is 13.2 Å². The maximum atomic E-state index is 10.9. The molecule has 0 unspecified atom stereocenters. The summed E-state index contributed by atoms with van der Waals surface area (Å²) < 4.78 is 5.95. The van der Waals surface area contributed by atoms with Gasteiger partial charge in [0, 0.05) is 18.2 Å². The van der Waals surface area contributed by atoms with Crippen LogP contribution in [0.5, 0.6) is 0 Å². The van der Waals surface area contributed by atoms with Crippen molar-refractivity contribution in [2.24, 2.45) is 5.92 Å². The number of carboxylic acids is 1. The lowest BCUT2D eigenvalue weighted by Crippen LogP contribution is -2.45. The third-order valence-electron chi connectivity index (χ3n) is 6.38. The van der Waals surface area contributed by atoms with E-state index in [1.807, 2.05) is 32.0 Å². The van der Waals surface area contributed by atoms with Crippen LogP contribution in [0.4, 0.5) is 0 Å². The van der Waals surface area contributed by atoms with Crippen LogP contribution in [0.3, 0.4) is 0 Å². The molecule has 3 N–H and O–H groups in total. The molecule has 0 saturated carbocycles. The van der Waals surface area contributed by atoms with Gasteiger partial charge in [-0.15, -0.1) is 0 Å². The number of aliphatic carboxylic acids is 1. The van der Waals surface area contributed by atoms with Crippen molar-refractivity contribution in [3.8, 4) is 0 Å². The fraction of sp³-hybridized carbons (Fsp3) is 0.464. The molecule has 5 nitrogen and oxygen atoms in total. The van der Waals surface area contributed by atoms with E-state index < -0.39 is 12.1 Å². The summed E-state index contributed by atoms with van der Waals surface area (Å²) in [6, 6.07) is 14.6. The average molecular weight is 452 g/mol. The first-order chi connectivity index (χ1) is 15.6. The Morgan fingerprint density at radius 1 is 1.21 bits per heavy atom. The molecule has 0 heterocycles. The third-order valence-corrected chi connectivity index (χ3v) is 6.38. The largest absolute Gasteiger partial charge is 0.478 e. The number of rotatable bonds is 11. The molecule has 0 amide bonds. The zero-order valence-corrected chi connectivity index (χ0v) is 20.2. The molecule has 0 aromatic heterocycles. The van der Waals surface area contributed by atoms with E-state index in [-0.39, 0.29) is 18.2 Å². The Hall–Kier alpha value is -2.47. The second-order valence-electron chi connectivity index (χ2n) is 9.95. The average Bonchev–Trinajstić information content (AvgIpc) is 3.16. The van der Waals surface area contributed by atoms with Crippen LogP contribution in [0, 0.1) is 12.8 Å². The van der Waals surface area contributed by atoms with E-state index in [9.17, 15) is 9.90 Å². The summed E-state index contributed by atoms with van der Waals surface area (Å²) in [6.45, 7) is 8.94. The molecule has 0 fully saturated rings. The summed E-state index contributed by atoms with van der Waals surface area (Å²) in [6.07, 6.45) is 5.13. The molecule has 1 aliphatic rings. The molecule has 0 saturated heterocycles. The fourth-order valence-electron chi connectivity index (χ4n) is 4.76. The minimum Gasteiger partial charge on any atom is -0.478 e. The van der Waals surface area contributed by atoms with E-state index in [2.05, 4.69) is 43.4 Å². The number of benzene rings is 2. The lowest BCUT2D eigenvalue weighted by molar-refractivity contribution is -0.131. The zero-order chi connectivity index (χ0) is 24.0. The van der Waals surface area contributed by atoms with E-state index >= 15 is 0 Å². The first kappa shape index (κ1) is 25.2.